The van der Waals surface area contributed by atoms with Gasteiger partial charge in [0, 0.05) is 13.1 Å². The Bertz CT molecular complexity index is 1860. The monoisotopic (exact) mass is 709 g/mol. The van der Waals surface area contributed by atoms with Gasteiger partial charge < -0.3 is 9.47 Å². The minimum Gasteiger partial charge on any atom is -0.457 e. The van der Waals surface area contributed by atoms with Gasteiger partial charge >= 0.3 is 0 Å². The minimum atomic E-state index is -3.86. The molecule has 0 aliphatic carbocycles. The van der Waals surface area contributed by atoms with Crippen LogP contribution in [0.25, 0.3) is 0 Å². The third-order valence-electron chi connectivity index (χ3n) is 8.81. The van der Waals surface area contributed by atoms with Crippen molar-refractivity contribution in [1.82, 2.24) is 10.4 Å². The highest BCUT2D eigenvalue weighted by Crippen LogP contribution is 2.40. The number of morpholine rings is 1. The van der Waals surface area contributed by atoms with Gasteiger partial charge in [0.15, 0.2) is 5.60 Å². The van der Waals surface area contributed by atoms with Crippen LogP contribution in [0.1, 0.15) is 22.3 Å². The molecule has 1 saturated heterocycles. The topological polar surface area (TPSA) is 97.4 Å². The molecular formula is C40H40FN3O6S. The number of hydroxylamine groups is 1. The first kappa shape index (κ1) is 35.7. The first-order chi connectivity index (χ1) is 24.8. The summed E-state index contributed by atoms with van der Waals surface area (Å²) in [6, 6.07) is 41.2. The molecule has 0 radical (unpaired) electrons. The summed E-state index contributed by atoms with van der Waals surface area (Å²) in [6.07, 6.45) is 1.11. The van der Waals surface area contributed by atoms with Gasteiger partial charge in [0.1, 0.15) is 24.2 Å². The van der Waals surface area contributed by atoms with Crippen molar-refractivity contribution in [1.29, 1.82) is 0 Å². The minimum absolute atomic E-state index is 0.187. The van der Waals surface area contributed by atoms with Crippen LogP contribution in [-0.2, 0) is 36.7 Å². The quantitative estimate of drug-likeness (QED) is 0.105. The van der Waals surface area contributed by atoms with Crippen molar-refractivity contribution in [3.8, 4) is 11.5 Å². The number of benzene rings is 5. The highest BCUT2D eigenvalue weighted by atomic mass is 32.2. The van der Waals surface area contributed by atoms with Crippen LogP contribution in [-0.4, -0.2) is 64.4 Å². The van der Waals surface area contributed by atoms with E-state index in [1.54, 1.807) is 48.5 Å². The van der Waals surface area contributed by atoms with Gasteiger partial charge in [0.25, 0.3) is 5.91 Å². The number of hydrogen-bond acceptors (Lipinski definition) is 7. The SMILES string of the molecule is CS(=O)(=O)N(C[C@@H](C(=O)NOC(c1ccccc1)(c1ccccc1)c1ccccc1)N1CCOCC1)c1ccc(Oc2ccc(CF)cc2)cc1. The van der Waals surface area contributed by atoms with Gasteiger partial charge in [-0.05, 0) is 58.7 Å². The Morgan fingerprint density at radius 3 is 1.71 bits per heavy atom. The maximum atomic E-state index is 14.4. The van der Waals surface area contributed by atoms with Crippen LogP contribution < -0.4 is 14.5 Å². The molecule has 5 aromatic carbocycles. The summed E-state index contributed by atoms with van der Waals surface area (Å²) in [5.41, 5.74) is 4.84. The normalized spacial score (nSPS) is 14.4. The number of nitrogens with one attached hydrogen (secondary N) is 1. The molecule has 0 aromatic heterocycles. The molecule has 5 aromatic rings. The van der Waals surface area contributed by atoms with Crippen molar-refractivity contribution in [2.24, 2.45) is 0 Å². The van der Waals surface area contributed by atoms with Gasteiger partial charge in [-0.2, -0.15) is 0 Å². The lowest BCUT2D eigenvalue weighted by molar-refractivity contribution is -0.150. The van der Waals surface area contributed by atoms with Crippen molar-refractivity contribution >= 4 is 21.6 Å². The maximum Gasteiger partial charge on any atom is 0.262 e. The molecule has 1 aliphatic heterocycles. The van der Waals surface area contributed by atoms with Gasteiger partial charge in [-0.1, -0.05) is 103 Å². The summed E-state index contributed by atoms with van der Waals surface area (Å²) in [5, 5.41) is 0. The molecule has 0 unspecified atom stereocenters. The number of ether oxygens (including phenoxy) is 2. The van der Waals surface area contributed by atoms with Gasteiger partial charge in [-0.15, -0.1) is 0 Å². The fourth-order valence-electron chi connectivity index (χ4n) is 6.20. The van der Waals surface area contributed by atoms with Gasteiger partial charge in [-0.3, -0.25) is 18.8 Å². The van der Waals surface area contributed by atoms with E-state index in [1.807, 2.05) is 95.9 Å². The average Bonchev–Trinajstić information content (AvgIpc) is 3.17. The second kappa shape index (κ2) is 16.3. The number of anilines is 1. The van der Waals surface area contributed by atoms with Gasteiger partial charge in [-0.25, -0.2) is 18.3 Å². The van der Waals surface area contributed by atoms with E-state index in [0.29, 0.717) is 49.1 Å². The molecule has 0 saturated carbocycles. The van der Waals surface area contributed by atoms with Gasteiger partial charge in [0.05, 0.1) is 31.7 Å². The molecule has 1 atom stereocenters. The molecule has 1 aliphatic rings. The van der Waals surface area contributed by atoms with Gasteiger partial charge in [0.2, 0.25) is 10.0 Å². The molecule has 1 N–H and O–H groups in total. The average molecular weight is 710 g/mol. The Kier molecular flexibility index (Phi) is 11.4. The summed E-state index contributed by atoms with van der Waals surface area (Å²) in [6.45, 7) is 0.872. The van der Waals surface area contributed by atoms with E-state index in [-0.39, 0.29) is 6.54 Å². The number of carbonyl (C=O) groups excluding carboxylic acids is 1. The summed E-state index contributed by atoms with van der Waals surface area (Å²) >= 11 is 0. The van der Waals surface area contributed by atoms with E-state index < -0.39 is 34.2 Å². The van der Waals surface area contributed by atoms with Crippen LogP contribution in [0.5, 0.6) is 11.5 Å². The third kappa shape index (κ3) is 8.46. The molecule has 1 fully saturated rings. The van der Waals surface area contributed by atoms with Crippen LogP contribution in [0, 0.1) is 0 Å². The largest absolute Gasteiger partial charge is 0.457 e. The van der Waals surface area contributed by atoms with E-state index in [1.165, 1.54) is 4.31 Å². The van der Waals surface area contributed by atoms with Crippen LogP contribution in [0.15, 0.2) is 140 Å². The summed E-state index contributed by atoms with van der Waals surface area (Å²) in [7, 11) is -3.86. The van der Waals surface area contributed by atoms with Crippen LogP contribution >= 0.6 is 0 Å². The third-order valence-corrected chi connectivity index (χ3v) is 9.97. The molecule has 51 heavy (non-hydrogen) atoms. The van der Waals surface area contributed by atoms with E-state index in [2.05, 4.69) is 5.48 Å². The van der Waals surface area contributed by atoms with Crippen molar-refractivity contribution in [2.45, 2.75) is 18.3 Å². The highest BCUT2D eigenvalue weighted by Gasteiger charge is 2.41. The van der Waals surface area contributed by atoms with E-state index in [0.717, 1.165) is 22.9 Å². The fraction of sp³-hybridized carbons (Fsp3) is 0.225. The maximum absolute atomic E-state index is 14.4. The highest BCUT2D eigenvalue weighted by molar-refractivity contribution is 7.92. The lowest BCUT2D eigenvalue weighted by Gasteiger charge is -2.38. The predicted octanol–water partition coefficient (Wildman–Crippen LogP) is 6.46. The van der Waals surface area contributed by atoms with Crippen molar-refractivity contribution in [2.75, 3.05) is 43.4 Å². The number of halogens is 1. The standard InChI is InChI=1S/C40H40FN3O6S/c1-51(46,47)44(35-19-23-37(24-20-35)49-36-21-17-31(29-41)18-22-36)30-38(43-25-27-48-28-26-43)39(45)42-50-40(32-11-5-2-6-12-32,33-13-7-3-8-14-33)34-15-9-4-10-16-34/h2-24,38H,25-30H2,1H3,(H,42,45)/t38-/m0/s1. The van der Waals surface area contributed by atoms with Crippen molar-refractivity contribution in [3.63, 3.8) is 0 Å². The Morgan fingerprint density at radius 1 is 0.784 bits per heavy atom. The lowest BCUT2D eigenvalue weighted by Crippen LogP contribution is -2.57. The number of rotatable bonds is 14. The number of hydrogen-bond donors (Lipinski definition) is 1. The Hall–Kier alpha value is -5.07. The number of nitrogens with zero attached hydrogens (tertiary/aromatic N) is 2. The number of amides is 1. The first-order valence-electron chi connectivity index (χ1n) is 16.6. The molecular weight excluding hydrogens is 670 g/mol. The first-order valence-corrected chi connectivity index (χ1v) is 18.5. The predicted molar refractivity (Wildman–Crippen MR) is 195 cm³/mol. The number of alkyl halides is 1. The second-order valence-corrected chi connectivity index (χ2v) is 14.1. The lowest BCUT2D eigenvalue weighted by atomic mass is 9.80. The number of carbonyl (C=O) groups is 1. The van der Waals surface area contributed by atoms with Crippen molar-refractivity contribution in [3.05, 3.63) is 162 Å². The number of sulfonamides is 1. The zero-order chi connectivity index (χ0) is 35.7. The summed E-state index contributed by atoms with van der Waals surface area (Å²) in [4.78, 5) is 22.9. The molecule has 9 nitrogen and oxygen atoms in total. The van der Waals surface area contributed by atoms with E-state index >= 15 is 0 Å². The summed E-state index contributed by atoms with van der Waals surface area (Å²) < 4.78 is 52.3. The van der Waals surface area contributed by atoms with Crippen LogP contribution in [0.4, 0.5) is 10.1 Å². The molecule has 1 amide bonds. The Balaban J connectivity index is 1.30. The smallest absolute Gasteiger partial charge is 0.262 e. The molecule has 0 bridgehead atoms. The molecule has 1 heterocycles. The Labute approximate surface area is 298 Å². The zero-order valence-corrected chi connectivity index (χ0v) is 29.0. The molecule has 0 spiro atoms. The van der Waals surface area contributed by atoms with E-state index in [9.17, 15) is 17.6 Å². The fourth-order valence-corrected chi connectivity index (χ4v) is 7.11. The molecule has 11 heteroatoms. The molecule has 264 valence electrons. The molecule has 6 rings (SSSR count). The van der Waals surface area contributed by atoms with E-state index in [4.69, 9.17) is 14.3 Å². The van der Waals surface area contributed by atoms with Crippen LogP contribution in [0.2, 0.25) is 0 Å². The summed E-state index contributed by atoms with van der Waals surface area (Å²) in [5.74, 6) is 0.478. The Morgan fingerprint density at radius 2 is 1.25 bits per heavy atom. The van der Waals surface area contributed by atoms with Crippen LogP contribution in [0.3, 0.4) is 0 Å². The van der Waals surface area contributed by atoms with Crippen molar-refractivity contribution < 1.29 is 31.9 Å². The second-order valence-electron chi connectivity index (χ2n) is 12.2. The zero-order valence-electron chi connectivity index (χ0n) is 28.2.